The van der Waals surface area contributed by atoms with E-state index in [0.717, 1.165) is 31.1 Å². The van der Waals surface area contributed by atoms with Gasteiger partial charge >= 0.3 is 0 Å². The highest BCUT2D eigenvalue weighted by molar-refractivity contribution is 5.51. The lowest BCUT2D eigenvalue weighted by Crippen LogP contribution is -2.54. The van der Waals surface area contributed by atoms with Crippen LogP contribution < -0.4 is 4.90 Å². The number of nitrogens with zero attached hydrogens (tertiary/aromatic N) is 6. The third-order valence-corrected chi connectivity index (χ3v) is 9.44. The summed E-state index contributed by atoms with van der Waals surface area (Å²) in [5, 5.41) is 17.6. The molecule has 6 nitrogen and oxygen atoms in total. The highest BCUT2D eigenvalue weighted by atomic mass is 15.4. The Labute approximate surface area is 220 Å². The summed E-state index contributed by atoms with van der Waals surface area (Å²) < 4.78 is 2.10. The number of benzene rings is 2. The number of likely N-dealkylation sites (tertiary alicyclic amines) is 1. The predicted molar refractivity (Wildman–Crippen MR) is 146 cm³/mol. The van der Waals surface area contributed by atoms with E-state index in [1.54, 1.807) is 0 Å². The molecule has 37 heavy (non-hydrogen) atoms. The summed E-state index contributed by atoms with van der Waals surface area (Å²) in [6.45, 7) is 6.76. The van der Waals surface area contributed by atoms with Crippen molar-refractivity contribution in [1.82, 2.24) is 19.9 Å². The minimum Gasteiger partial charge on any atom is -0.371 e. The van der Waals surface area contributed by atoms with Gasteiger partial charge in [-0.1, -0.05) is 48.4 Å². The first kappa shape index (κ1) is 24.2. The molecule has 2 aromatic carbocycles. The molecule has 0 radical (unpaired) electrons. The molecule has 1 unspecified atom stereocenters. The Bertz CT molecular complexity index is 1160. The Kier molecular flexibility index (Phi) is 6.97. The zero-order chi connectivity index (χ0) is 25.1. The van der Waals surface area contributed by atoms with Gasteiger partial charge in [-0.25, -0.2) is 0 Å². The van der Waals surface area contributed by atoms with Crippen molar-refractivity contribution in [2.75, 3.05) is 37.6 Å². The molecule has 1 saturated carbocycles. The van der Waals surface area contributed by atoms with Gasteiger partial charge in [0, 0.05) is 42.9 Å². The SMILES string of the molecule is N#Cc1ccc(N2CC(CN3CCC(C(Cn4ccnn4)(c4ccccc4)C4CCCC4)CC3)C2)cc1. The molecule has 3 aliphatic rings. The van der Waals surface area contributed by atoms with Gasteiger partial charge in [0.2, 0.25) is 0 Å². The number of hydrogen-bond acceptors (Lipinski definition) is 5. The maximum atomic E-state index is 9.05. The largest absolute Gasteiger partial charge is 0.371 e. The van der Waals surface area contributed by atoms with E-state index in [-0.39, 0.29) is 5.41 Å². The minimum absolute atomic E-state index is 0.125. The molecule has 3 aromatic rings. The van der Waals surface area contributed by atoms with Crippen LogP contribution in [0.5, 0.6) is 0 Å². The molecule has 1 aromatic heterocycles. The zero-order valence-electron chi connectivity index (χ0n) is 21.8. The zero-order valence-corrected chi connectivity index (χ0v) is 21.8. The lowest BCUT2D eigenvalue weighted by Gasteiger charge is -2.50. The summed E-state index contributed by atoms with van der Waals surface area (Å²) in [6, 6.07) is 21.6. The van der Waals surface area contributed by atoms with Gasteiger partial charge in [-0.05, 0) is 80.4 Å². The second-order valence-corrected chi connectivity index (χ2v) is 11.5. The van der Waals surface area contributed by atoms with Crippen LogP contribution in [0.2, 0.25) is 0 Å². The predicted octanol–water partition coefficient (Wildman–Crippen LogP) is 5.13. The normalized spacial score (nSPS) is 21.4. The second-order valence-electron chi connectivity index (χ2n) is 11.5. The quantitative estimate of drug-likeness (QED) is 0.435. The molecule has 6 rings (SSSR count). The maximum absolute atomic E-state index is 9.05. The molecule has 0 amide bonds. The summed E-state index contributed by atoms with van der Waals surface area (Å²) in [7, 11) is 0. The molecular weight excluding hydrogens is 456 g/mol. The van der Waals surface area contributed by atoms with E-state index in [1.165, 1.54) is 69.4 Å². The minimum atomic E-state index is 0.125. The van der Waals surface area contributed by atoms with Gasteiger partial charge in [0.15, 0.2) is 0 Å². The number of piperidine rings is 1. The molecule has 1 aliphatic carbocycles. The van der Waals surface area contributed by atoms with Crippen molar-refractivity contribution in [3.8, 4) is 6.07 Å². The molecule has 6 heteroatoms. The first-order valence-electron chi connectivity index (χ1n) is 14.1. The van der Waals surface area contributed by atoms with E-state index < -0.39 is 0 Å². The summed E-state index contributed by atoms with van der Waals surface area (Å²) in [6.07, 6.45) is 11.8. The lowest BCUT2D eigenvalue weighted by molar-refractivity contribution is 0.0619. The summed E-state index contributed by atoms with van der Waals surface area (Å²) in [5.74, 6) is 2.11. The van der Waals surface area contributed by atoms with Gasteiger partial charge in [0.1, 0.15) is 0 Å². The van der Waals surface area contributed by atoms with Gasteiger partial charge in [-0.2, -0.15) is 5.26 Å². The van der Waals surface area contributed by atoms with E-state index in [4.69, 9.17) is 5.26 Å². The van der Waals surface area contributed by atoms with Crippen molar-refractivity contribution in [2.24, 2.45) is 17.8 Å². The van der Waals surface area contributed by atoms with Crippen LogP contribution in [-0.4, -0.2) is 52.6 Å². The van der Waals surface area contributed by atoms with Gasteiger partial charge in [0.05, 0.1) is 24.4 Å². The Balaban J connectivity index is 1.13. The molecule has 0 bridgehead atoms. The van der Waals surface area contributed by atoms with Crippen molar-refractivity contribution in [2.45, 2.75) is 50.5 Å². The highest BCUT2D eigenvalue weighted by Gasteiger charge is 2.48. The van der Waals surface area contributed by atoms with Crippen LogP contribution in [0.1, 0.15) is 49.7 Å². The fraction of sp³-hybridized carbons (Fsp3) is 0.516. The lowest BCUT2D eigenvalue weighted by atomic mass is 9.59. The highest BCUT2D eigenvalue weighted by Crippen LogP contribution is 2.51. The number of aromatic nitrogens is 3. The van der Waals surface area contributed by atoms with Crippen LogP contribution in [0.3, 0.4) is 0 Å². The van der Waals surface area contributed by atoms with Crippen molar-refractivity contribution < 1.29 is 0 Å². The average Bonchev–Trinajstić information content (AvgIpc) is 3.65. The topological polar surface area (TPSA) is 61.0 Å². The molecule has 192 valence electrons. The van der Waals surface area contributed by atoms with Crippen molar-refractivity contribution >= 4 is 5.69 Å². The molecule has 3 heterocycles. The van der Waals surface area contributed by atoms with E-state index >= 15 is 0 Å². The van der Waals surface area contributed by atoms with Crippen LogP contribution in [0.4, 0.5) is 5.69 Å². The standard InChI is InChI=1S/C31H38N6/c32-20-25-10-12-30(13-11-25)36-22-26(23-36)21-35-17-14-29(15-18-35)31(28-8-4-5-9-28,24-37-19-16-33-34-37)27-6-2-1-3-7-27/h1-3,6-7,10-13,16,19,26,28-29H,4-5,8-9,14-15,17-18,21-24H2. The first-order chi connectivity index (χ1) is 18.2. The van der Waals surface area contributed by atoms with Crippen LogP contribution >= 0.6 is 0 Å². The molecule has 0 spiro atoms. The summed E-state index contributed by atoms with van der Waals surface area (Å²) >= 11 is 0. The van der Waals surface area contributed by atoms with E-state index in [0.29, 0.717) is 11.8 Å². The Morgan fingerprint density at radius 3 is 2.24 bits per heavy atom. The third kappa shape index (κ3) is 4.90. The number of rotatable bonds is 8. The number of hydrogen-bond donors (Lipinski definition) is 0. The Morgan fingerprint density at radius 2 is 1.59 bits per heavy atom. The van der Waals surface area contributed by atoms with Crippen LogP contribution in [-0.2, 0) is 12.0 Å². The Morgan fingerprint density at radius 1 is 0.892 bits per heavy atom. The van der Waals surface area contributed by atoms with E-state index in [2.05, 4.69) is 79.5 Å². The smallest absolute Gasteiger partial charge is 0.0991 e. The van der Waals surface area contributed by atoms with E-state index in [9.17, 15) is 0 Å². The third-order valence-electron chi connectivity index (χ3n) is 9.44. The monoisotopic (exact) mass is 494 g/mol. The number of nitriles is 1. The molecule has 0 N–H and O–H groups in total. The molecular formula is C31H38N6. The van der Waals surface area contributed by atoms with Crippen molar-refractivity contribution in [3.63, 3.8) is 0 Å². The number of anilines is 1. The first-order valence-corrected chi connectivity index (χ1v) is 14.1. The molecule has 3 fully saturated rings. The van der Waals surface area contributed by atoms with Crippen LogP contribution in [0, 0.1) is 29.1 Å². The molecule has 2 saturated heterocycles. The van der Waals surface area contributed by atoms with Crippen molar-refractivity contribution in [1.29, 1.82) is 5.26 Å². The van der Waals surface area contributed by atoms with Gasteiger partial charge in [0.25, 0.3) is 0 Å². The van der Waals surface area contributed by atoms with E-state index in [1.807, 2.05) is 18.3 Å². The fourth-order valence-electron chi connectivity index (χ4n) is 7.57. The van der Waals surface area contributed by atoms with Crippen LogP contribution in [0.15, 0.2) is 67.0 Å². The maximum Gasteiger partial charge on any atom is 0.0991 e. The van der Waals surface area contributed by atoms with Gasteiger partial charge in [-0.3, -0.25) is 4.68 Å². The van der Waals surface area contributed by atoms with Crippen molar-refractivity contribution in [3.05, 3.63) is 78.1 Å². The summed E-state index contributed by atoms with van der Waals surface area (Å²) in [4.78, 5) is 5.16. The summed E-state index contributed by atoms with van der Waals surface area (Å²) in [5.41, 5.74) is 3.61. The van der Waals surface area contributed by atoms with Crippen LogP contribution in [0.25, 0.3) is 0 Å². The Hall–Kier alpha value is -3.17. The molecule has 2 aliphatic heterocycles. The van der Waals surface area contributed by atoms with Gasteiger partial charge in [-0.15, -0.1) is 5.10 Å². The molecule has 1 atom stereocenters. The van der Waals surface area contributed by atoms with Gasteiger partial charge < -0.3 is 9.80 Å². The average molecular weight is 495 g/mol. The fourth-order valence-corrected chi connectivity index (χ4v) is 7.57. The second kappa shape index (κ2) is 10.7.